The molecule has 2 rings (SSSR count). The van der Waals surface area contributed by atoms with Crippen molar-refractivity contribution in [2.75, 3.05) is 25.0 Å². The number of ether oxygens (including phenoxy) is 1. The zero-order chi connectivity index (χ0) is 13.7. The van der Waals surface area contributed by atoms with Crippen molar-refractivity contribution in [3.63, 3.8) is 0 Å². The monoisotopic (exact) mass is 325 g/mol. The van der Waals surface area contributed by atoms with E-state index in [1.165, 1.54) is 5.56 Å². The third-order valence-electron chi connectivity index (χ3n) is 3.42. The van der Waals surface area contributed by atoms with Crippen LogP contribution in [0.1, 0.15) is 18.9 Å². The van der Waals surface area contributed by atoms with Crippen molar-refractivity contribution in [1.82, 2.24) is 4.90 Å². The second kappa shape index (κ2) is 6.94. The highest BCUT2D eigenvalue weighted by Gasteiger charge is 2.28. The zero-order valence-corrected chi connectivity index (χ0v) is 12.9. The molecule has 0 aliphatic carbocycles. The average molecular weight is 326 g/mol. The van der Waals surface area contributed by atoms with Crippen LogP contribution in [0.2, 0.25) is 0 Å². The molecule has 1 saturated heterocycles. The molecule has 1 aromatic carbocycles. The minimum atomic E-state index is 0.287. The highest BCUT2D eigenvalue weighted by Crippen LogP contribution is 2.20. The summed E-state index contributed by atoms with van der Waals surface area (Å²) >= 11 is 3.46. The molecule has 1 aliphatic rings. The van der Waals surface area contributed by atoms with E-state index in [0.29, 0.717) is 18.9 Å². The second-order valence-electron chi connectivity index (χ2n) is 4.89. The summed E-state index contributed by atoms with van der Waals surface area (Å²) in [6.07, 6.45) is 1.60. The van der Waals surface area contributed by atoms with Gasteiger partial charge in [-0.2, -0.15) is 0 Å². The SMILES string of the molecule is CCOc1ccc(CCN2CC(CBr)CC2=O)cc1. The van der Waals surface area contributed by atoms with Crippen LogP contribution in [0.5, 0.6) is 5.75 Å². The largest absolute Gasteiger partial charge is 0.494 e. The van der Waals surface area contributed by atoms with Gasteiger partial charge in [-0.25, -0.2) is 0 Å². The Balaban J connectivity index is 1.83. The molecule has 0 spiro atoms. The van der Waals surface area contributed by atoms with Gasteiger partial charge in [0.05, 0.1) is 6.61 Å². The Bertz CT molecular complexity index is 419. The summed E-state index contributed by atoms with van der Waals surface area (Å²) in [5, 5.41) is 0.915. The number of hydrogen-bond acceptors (Lipinski definition) is 2. The van der Waals surface area contributed by atoms with Crippen LogP contribution in [0.3, 0.4) is 0 Å². The first kappa shape index (κ1) is 14.4. The summed E-state index contributed by atoms with van der Waals surface area (Å²) in [7, 11) is 0. The maximum atomic E-state index is 11.8. The second-order valence-corrected chi connectivity index (χ2v) is 5.54. The van der Waals surface area contributed by atoms with Crippen LogP contribution in [-0.2, 0) is 11.2 Å². The minimum Gasteiger partial charge on any atom is -0.494 e. The van der Waals surface area contributed by atoms with Crippen LogP contribution < -0.4 is 4.74 Å². The molecule has 1 unspecified atom stereocenters. The number of amides is 1. The Morgan fingerprint density at radius 2 is 2.11 bits per heavy atom. The molecule has 1 heterocycles. The molecular formula is C15H20BrNO2. The fourth-order valence-corrected chi connectivity index (χ4v) is 2.79. The van der Waals surface area contributed by atoms with Gasteiger partial charge in [-0.05, 0) is 37.0 Å². The molecule has 4 heteroatoms. The number of carbonyl (C=O) groups excluding carboxylic acids is 1. The van der Waals surface area contributed by atoms with Gasteiger partial charge >= 0.3 is 0 Å². The fraction of sp³-hybridized carbons (Fsp3) is 0.533. The minimum absolute atomic E-state index is 0.287. The first-order chi connectivity index (χ1) is 9.22. The molecule has 1 fully saturated rings. The van der Waals surface area contributed by atoms with E-state index in [1.807, 2.05) is 24.0 Å². The predicted molar refractivity (Wildman–Crippen MR) is 79.8 cm³/mol. The van der Waals surface area contributed by atoms with E-state index in [0.717, 1.165) is 30.6 Å². The topological polar surface area (TPSA) is 29.5 Å². The third kappa shape index (κ3) is 3.96. The molecule has 3 nitrogen and oxygen atoms in total. The van der Waals surface area contributed by atoms with Crippen molar-refractivity contribution < 1.29 is 9.53 Å². The van der Waals surface area contributed by atoms with Gasteiger partial charge in [-0.15, -0.1) is 0 Å². The van der Waals surface area contributed by atoms with Crippen molar-refractivity contribution in [2.24, 2.45) is 5.92 Å². The number of halogens is 1. The molecule has 1 aromatic rings. The van der Waals surface area contributed by atoms with Crippen LogP contribution >= 0.6 is 15.9 Å². The molecular weight excluding hydrogens is 306 g/mol. The van der Waals surface area contributed by atoms with E-state index in [9.17, 15) is 4.79 Å². The smallest absolute Gasteiger partial charge is 0.222 e. The maximum absolute atomic E-state index is 11.8. The van der Waals surface area contributed by atoms with Gasteiger partial charge in [0.2, 0.25) is 5.91 Å². The van der Waals surface area contributed by atoms with E-state index in [-0.39, 0.29) is 5.91 Å². The van der Waals surface area contributed by atoms with E-state index in [4.69, 9.17) is 4.74 Å². The first-order valence-electron chi connectivity index (χ1n) is 6.78. The number of likely N-dealkylation sites (tertiary alicyclic amines) is 1. The molecule has 1 aliphatic heterocycles. The number of rotatable bonds is 6. The van der Waals surface area contributed by atoms with E-state index >= 15 is 0 Å². The van der Waals surface area contributed by atoms with Gasteiger partial charge in [-0.3, -0.25) is 4.79 Å². The lowest BCUT2D eigenvalue weighted by molar-refractivity contribution is -0.127. The molecule has 0 radical (unpaired) electrons. The van der Waals surface area contributed by atoms with Crippen molar-refractivity contribution >= 4 is 21.8 Å². The normalized spacial score (nSPS) is 18.9. The lowest BCUT2D eigenvalue weighted by Crippen LogP contribution is -2.27. The number of carbonyl (C=O) groups is 1. The Morgan fingerprint density at radius 3 is 2.68 bits per heavy atom. The maximum Gasteiger partial charge on any atom is 0.222 e. The third-order valence-corrected chi connectivity index (χ3v) is 4.33. The van der Waals surface area contributed by atoms with Crippen molar-refractivity contribution in [1.29, 1.82) is 0 Å². The molecule has 0 N–H and O–H groups in total. The Hall–Kier alpha value is -1.03. The van der Waals surface area contributed by atoms with E-state index < -0.39 is 0 Å². The van der Waals surface area contributed by atoms with Gasteiger partial charge in [0.15, 0.2) is 0 Å². The summed E-state index contributed by atoms with van der Waals surface area (Å²) in [5.74, 6) is 1.67. The number of hydrogen-bond donors (Lipinski definition) is 0. The van der Waals surface area contributed by atoms with Crippen LogP contribution in [0, 0.1) is 5.92 Å². The molecule has 0 bridgehead atoms. The number of alkyl halides is 1. The van der Waals surface area contributed by atoms with Crippen LogP contribution in [0.25, 0.3) is 0 Å². The summed E-state index contributed by atoms with van der Waals surface area (Å²) in [5.41, 5.74) is 1.25. The molecule has 1 amide bonds. The summed E-state index contributed by atoms with van der Waals surface area (Å²) < 4.78 is 5.41. The summed E-state index contributed by atoms with van der Waals surface area (Å²) in [6, 6.07) is 8.14. The van der Waals surface area contributed by atoms with Crippen LogP contribution in [-0.4, -0.2) is 35.8 Å². The lowest BCUT2D eigenvalue weighted by atomic mass is 10.1. The number of benzene rings is 1. The Labute approximate surface area is 123 Å². The van der Waals surface area contributed by atoms with Crippen molar-refractivity contribution in [3.05, 3.63) is 29.8 Å². The van der Waals surface area contributed by atoms with Gasteiger partial charge < -0.3 is 9.64 Å². The Kier molecular flexibility index (Phi) is 5.25. The van der Waals surface area contributed by atoms with E-state index in [1.54, 1.807) is 0 Å². The average Bonchev–Trinajstić information content (AvgIpc) is 2.79. The standard InChI is InChI=1S/C15H20BrNO2/c1-2-19-14-5-3-12(4-6-14)7-8-17-11-13(10-16)9-15(17)18/h3-6,13H,2,7-11H2,1H3. The van der Waals surface area contributed by atoms with Crippen molar-refractivity contribution in [2.45, 2.75) is 19.8 Å². The molecule has 0 aromatic heterocycles. The highest BCUT2D eigenvalue weighted by molar-refractivity contribution is 9.09. The predicted octanol–water partition coefficient (Wildman–Crippen LogP) is 2.87. The van der Waals surface area contributed by atoms with Gasteiger partial charge in [0.25, 0.3) is 0 Å². The highest BCUT2D eigenvalue weighted by atomic mass is 79.9. The van der Waals surface area contributed by atoms with E-state index in [2.05, 4.69) is 28.1 Å². The summed E-state index contributed by atoms with van der Waals surface area (Å²) in [4.78, 5) is 13.8. The quantitative estimate of drug-likeness (QED) is 0.753. The van der Waals surface area contributed by atoms with Crippen molar-refractivity contribution in [3.8, 4) is 5.75 Å². The molecule has 19 heavy (non-hydrogen) atoms. The van der Waals surface area contributed by atoms with Gasteiger partial charge in [-0.1, -0.05) is 28.1 Å². The lowest BCUT2D eigenvalue weighted by Gasteiger charge is -2.16. The zero-order valence-electron chi connectivity index (χ0n) is 11.3. The first-order valence-corrected chi connectivity index (χ1v) is 7.90. The number of nitrogens with zero attached hydrogens (tertiary/aromatic N) is 1. The van der Waals surface area contributed by atoms with Gasteiger partial charge in [0.1, 0.15) is 5.75 Å². The van der Waals surface area contributed by atoms with Gasteiger partial charge in [0, 0.05) is 24.8 Å². The molecule has 1 atom stereocenters. The fourth-order valence-electron chi connectivity index (χ4n) is 2.36. The Morgan fingerprint density at radius 1 is 1.37 bits per heavy atom. The summed E-state index contributed by atoms with van der Waals surface area (Å²) in [6.45, 7) is 4.38. The molecule has 104 valence electrons. The van der Waals surface area contributed by atoms with Crippen LogP contribution in [0.15, 0.2) is 24.3 Å². The van der Waals surface area contributed by atoms with Crippen LogP contribution in [0.4, 0.5) is 0 Å². The molecule has 0 saturated carbocycles.